The average Bonchev–Trinajstić information content (AvgIpc) is 2.61. The van der Waals surface area contributed by atoms with E-state index in [1.165, 1.54) is 0 Å². The van der Waals surface area contributed by atoms with E-state index in [4.69, 9.17) is 15.6 Å². The summed E-state index contributed by atoms with van der Waals surface area (Å²) in [5.74, 6) is -0.866. The van der Waals surface area contributed by atoms with Gasteiger partial charge in [-0.15, -0.1) is 0 Å². The molecule has 0 aromatic carbocycles. The van der Waals surface area contributed by atoms with Gasteiger partial charge >= 0.3 is 5.97 Å². The molecule has 5 nitrogen and oxygen atoms in total. The first-order valence-electron chi connectivity index (χ1n) is 6.32. The van der Waals surface area contributed by atoms with E-state index in [1.54, 1.807) is 0 Å². The Morgan fingerprint density at radius 1 is 1.41 bits per heavy atom. The normalized spacial score (nSPS) is 43.8. The first-order chi connectivity index (χ1) is 7.90. The first kappa shape index (κ1) is 12.8. The number of hydrogen-bond donors (Lipinski definition) is 2. The van der Waals surface area contributed by atoms with Crippen LogP contribution in [-0.2, 0) is 9.53 Å². The second-order valence-corrected chi connectivity index (χ2v) is 5.57. The van der Waals surface area contributed by atoms with Crippen LogP contribution >= 0.6 is 0 Å². The molecule has 3 N–H and O–H groups in total. The van der Waals surface area contributed by atoms with E-state index < -0.39 is 11.5 Å². The molecule has 4 unspecified atom stereocenters. The fraction of sp³-hybridized carbons (Fsp3) is 0.917. The minimum Gasteiger partial charge on any atom is -0.480 e. The Hall–Kier alpha value is -0.650. The van der Waals surface area contributed by atoms with Gasteiger partial charge in [-0.05, 0) is 33.1 Å². The highest BCUT2D eigenvalue weighted by atomic mass is 16.5. The number of carboxylic acid groups (broad SMARTS) is 1. The maximum absolute atomic E-state index is 11.1. The number of hydrogen-bond acceptors (Lipinski definition) is 4. The predicted molar refractivity (Wildman–Crippen MR) is 63.8 cm³/mol. The third-order valence-electron chi connectivity index (χ3n) is 3.91. The minimum absolute atomic E-state index is 0.219. The third-order valence-corrected chi connectivity index (χ3v) is 3.91. The van der Waals surface area contributed by atoms with Crippen molar-refractivity contribution in [3.05, 3.63) is 0 Å². The summed E-state index contributed by atoms with van der Waals surface area (Å²) in [7, 11) is 0. The van der Waals surface area contributed by atoms with Crippen molar-refractivity contribution in [3.8, 4) is 0 Å². The molecule has 2 aliphatic rings. The number of ether oxygens (including phenoxy) is 1. The van der Waals surface area contributed by atoms with Gasteiger partial charge in [-0.1, -0.05) is 0 Å². The smallest absolute Gasteiger partial charge is 0.323 e. The average molecular weight is 242 g/mol. The quantitative estimate of drug-likeness (QED) is 0.734. The zero-order valence-corrected chi connectivity index (χ0v) is 10.6. The van der Waals surface area contributed by atoms with E-state index in [0.29, 0.717) is 18.9 Å². The van der Waals surface area contributed by atoms with Crippen LogP contribution in [0.2, 0.25) is 0 Å². The second kappa shape index (κ2) is 4.55. The highest BCUT2D eigenvalue weighted by molar-refractivity contribution is 5.79. The molecule has 2 rings (SSSR count). The molecule has 0 radical (unpaired) electrons. The standard InChI is InChI=1S/C12H22N2O3/c1-8-6-14(7-9(2)17-8)10-3-4-12(13,5-10)11(15)16/h8-10H,3-7,13H2,1-2H3,(H,15,16). The molecule has 0 bridgehead atoms. The predicted octanol–water partition coefficient (Wildman–Crippen LogP) is 0.430. The van der Waals surface area contributed by atoms with Gasteiger partial charge in [0.25, 0.3) is 0 Å². The second-order valence-electron chi connectivity index (χ2n) is 5.57. The molecule has 1 saturated carbocycles. The largest absolute Gasteiger partial charge is 0.480 e. The van der Waals surface area contributed by atoms with Crippen LogP contribution in [0.1, 0.15) is 33.1 Å². The van der Waals surface area contributed by atoms with Crippen molar-refractivity contribution in [2.45, 2.75) is 56.9 Å². The molecule has 17 heavy (non-hydrogen) atoms. The molecule has 2 fully saturated rings. The van der Waals surface area contributed by atoms with Gasteiger partial charge in [-0.3, -0.25) is 9.69 Å². The first-order valence-corrected chi connectivity index (χ1v) is 6.32. The van der Waals surface area contributed by atoms with Crippen LogP contribution in [0.15, 0.2) is 0 Å². The molecular weight excluding hydrogens is 220 g/mol. The Bertz CT molecular complexity index is 300. The Kier molecular flexibility index (Phi) is 3.43. The van der Waals surface area contributed by atoms with E-state index in [0.717, 1.165) is 19.5 Å². The van der Waals surface area contributed by atoms with Crippen LogP contribution in [-0.4, -0.2) is 52.9 Å². The lowest BCUT2D eigenvalue weighted by Crippen LogP contribution is -2.52. The van der Waals surface area contributed by atoms with Gasteiger partial charge in [0, 0.05) is 19.1 Å². The van der Waals surface area contributed by atoms with E-state index in [1.807, 2.05) is 0 Å². The molecule has 5 heteroatoms. The Labute approximate surface area is 102 Å². The number of nitrogens with two attached hydrogens (primary N) is 1. The lowest BCUT2D eigenvalue weighted by Gasteiger charge is -2.39. The zero-order valence-electron chi connectivity index (χ0n) is 10.6. The highest BCUT2D eigenvalue weighted by Gasteiger charge is 2.44. The number of rotatable bonds is 2. The fourth-order valence-electron chi connectivity index (χ4n) is 3.07. The maximum Gasteiger partial charge on any atom is 0.323 e. The molecular formula is C12H22N2O3. The van der Waals surface area contributed by atoms with Crippen molar-refractivity contribution in [1.82, 2.24) is 4.90 Å². The SMILES string of the molecule is CC1CN(C2CCC(N)(C(=O)O)C2)CC(C)O1. The van der Waals surface area contributed by atoms with Gasteiger partial charge in [-0.25, -0.2) is 0 Å². The molecule has 98 valence electrons. The van der Waals surface area contributed by atoms with Gasteiger partial charge in [0.15, 0.2) is 0 Å². The van der Waals surface area contributed by atoms with E-state index in [-0.39, 0.29) is 12.2 Å². The minimum atomic E-state index is -1.02. The number of carbonyl (C=O) groups is 1. The number of nitrogens with zero attached hydrogens (tertiary/aromatic N) is 1. The monoisotopic (exact) mass is 242 g/mol. The summed E-state index contributed by atoms with van der Waals surface area (Å²) in [4.78, 5) is 13.5. The van der Waals surface area contributed by atoms with Gasteiger partial charge in [0.05, 0.1) is 12.2 Å². The molecule has 0 aromatic heterocycles. The number of carboxylic acids is 1. The van der Waals surface area contributed by atoms with Crippen molar-refractivity contribution in [3.63, 3.8) is 0 Å². The number of morpholine rings is 1. The Balaban J connectivity index is 1.98. The molecule has 0 spiro atoms. The summed E-state index contributed by atoms with van der Waals surface area (Å²) in [5, 5.41) is 9.12. The van der Waals surface area contributed by atoms with Crippen LogP contribution < -0.4 is 5.73 Å². The third kappa shape index (κ3) is 2.61. The van der Waals surface area contributed by atoms with Crippen molar-refractivity contribution >= 4 is 5.97 Å². The lowest BCUT2D eigenvalue weighted by atomic mass is 9.99. The summed E-state index contributed by atoms with van der Waals surface area (Å²) < 4.78 is 5.69. The Morgan fingerprint density at radius 3 is 2.47 bits per heavy atom. The number of aliphatic carboxylic acids is 1. The van der Waals surface area contributed by atoms with Crippen LogP contribution in [0.3, 0.4) is 0 Å². The molecule has 0 amide bonds. The van der Waals surface area contributed by atoms with Gasteiger partial charge in [0.2, 0.25) is 0 Å². The summed E-state index contributed by atoms with van der Waals surface area (Å²) >= 11 is 0. The van der Waals surface area contributed by atoms with Crippen molar-refractivity contribution in [2.24, 2.45) is 5.73 Å². The molecule has 1 heterocycles. The van der Waals surface area contributed by atoms with Gasteiger partial charge in [0.1, 0.15) is 5.54 Å². The summed E-state index contributed by atoms with van der Waals surface area (Å²) in [5.41, 5.74) is 4.89. The molecule has 0 aromatic rings. The van der Waals surface area contributed by atoms with Crippen LogP contribution in [0, 0.1) is 0 Å². The van der Waals surface area contributed by atoms with E-state index in [2.05, 4.69) is 18.7 Å². The molecule has 4 atom stereocenters. The van der Waals surface area contributed by atoms with Crippen molar-refractivity contribution in [2.75, 3.05) is 13.1 Å². The highest BCUT2D eigenvalue weighted by Crippen LogP contribution is 2.32. The lowest BCUT2D eigenvalue weighted by molar-refractivity contribution is -0.143. The van der Waals surface area contributed by atoms with Crippen LogP contribution in [0.25, 0.3) is 0 Å². The van der Waals surface area contributed by atoms with Crippen LogP contribution in [0.5, 0.6) is 0 Å². The fourth-order valence-corrected chi connectivity index (χ4v) is 3.07. The summed E-state index contributed by atoms with van der Waals surface area (Å²) in [6, 6.07) is 0.296. The van der Waals surface area contributed by atoms with Crippen LogP contribution in [0.4, 0.5) is 0 Å². The van der Waals surface area contributed by atoms with Gasteiger partial charge < -0.3 is 15.6 Å². The molecule has 1 aliphatic heterocycles. The van der Waals surface area contributed by atoms with Crippen molar-refractivity contribution in [1.29, 1.82) is 0 Å². The maximum atomic E-state index is 11.1. The van der Waals surface area contributed by atoms with E-state index in [9.17, 15) is 4.79 Å². The summed E-state index contributed by atoms with van der Waals surface area (Å²) in [6.07, 6.45) is 2.45. The zero-order chi connectivity index (χ0) is 12.6. The van der Waals surface area contributed by atoms with Gasteiger partial charge in [-0.2, -0.15) is 0 Å². The Morgan fingerprint density at radius 2 is 2.00 bits per heavy atom. The topological polar surface area (TPSA) is 75.8 Å². The molecule has 1 aliphatic carbocycles. The van der Waals surface area contributed by atoms with Crippen molar-refractivity contribution < 1.29 is 14.6 Å². The summed E-state index contributed by atoms with van der Waals surface area (Å²) in [6.45, 7) is 5.88. The molecule has 1 saturated heterocycles. The van der Waals surface area contributed by atoms with E-state index >= 15 is 0 Å².